The number of esters is 1. The average Bonchev–Trinajstić information content (AvgIpc) is 3.04. The molecule has 2 aliphatic heterocycles. The summed E-state index contributed by atoms with van der Waals surface area (Å²) in [5, 5.41) is 0. The fourth-order valence-corrected chi connectivity index (χ4v) is 6.01. The fraction of sp³-hybridized carbons (Fsp3) is 0.0476. The molecule has 1 amide bonds. The van der Waals surface area contributed by atoms with E-state index in [0.717, 1.165) is 18.2 Å². The van der Waals surface area contributed by atoms with Crippen molar-refractivity contribution in [3.05, 3.63) is 76.0 Å². The predicted octanol–water partition coefficient (Wildman–Crippen LogP) is -0.891. The van der Waals surface area contributed by atoms with Gasteiger partial charge in [-0.15, -0.1) is 0 Å². The second kappa shape index (κ2) is 8.75. The minimum absolute atomic E-state index is 0. The second-order valence-electron chi connectivity index (χ2n) is 7.93. The number of fused-ring (bicyclic) bond motifs is 6. The number of hydrogen-bond donors (Lipinski definition) is 4. The third-order valence-electron chi connectivity index (χ3n) is 5.89. The molecule has 0 radical (unpaired) electrons. The van der Waals surface area contributed by atoms with Crippen molar-refractivity contribution in [2.45, 2.75) is 15.4 Å². The van der Waals surface area contributed by atoms with Gasteiger partial charge in [-0.25, -0.2) is 4.79 Å². The summed E-state index contributed by atoms with van der Waals surface area (Å²) < 4.78 is 80.2. The Kier molecular flexibility index (Phi) is 6.50. The van der Waals surface area contributed by atoms with E-state index in [-0.39, 0.29) is 79.2 Å². The Bertz CT molecular complexity index is 1680. The Labute approximate surface area is 251 Å². The Morgan fingerprint density at radius 2 is 1.30 bits per heavy atom. The van der Waals surface area contributed by atoms with E-state index in [4.69, 9.17) is 26.7 Å². The molecule has 2 heterocycles. The number of benzene rings is 3. The first kappa shape index (κ1) is 27.5. The van der Waals surface area contributed by atoms with Crippen LogP contribution in [-0.2, 0) is 30.6 Å². The van der Waals surface area contributed by atoms with Crippen molar-refractivity contribution in [2.24, 2.45) is 0 Å². The van der Waals surface area contributed by atoms with Crippen LogP contribution < -0.4 is 67.6 Å². The summed E-state index contributed by atoms with van der Waals surface area (Å²) in [6.07, 6.45) is 0. The quantitative estimate of drug-likeness (QED) is 0.130. The number of nitrogens with two attached hydrogens (primary N) is 2. The predicted molar refractivity (Wildman–Crippen MR) is 122 cm³/mol. The monoisotopic (exact) mass is 571 g/mol. The molecule has 0 bridgehead atoms. The largest absolute Gasteiger partial charge is 1.00 e. The summed E-state index contributed by atoms with van der Waals surface area (Å²) in [7, 11) is -10.2. The Morgan fingerprint density at radius 3 is 1.73 bits per heavy atom. The molecule has 0 unspecified atom stereocenters. The summed E-state index contributed by atoms with van der Waals surface area (Å²) >= 11 is 0. The molecule has 16 heteroatoms. The molecular weight excluding hydrogens is 557 g/mol. The van der Waals surface area contributed by atoms with Crippen LogP contribution in [0.15, 0.2) is 52.3 Å². The van der Waals surface area contributed by atoms with Crippen molar-refractivity contribution in [2.75, 3.05) is 11.5 Å². The Morgan fingerprint density at radius 1 is 0.838 bits per heavy atom. The fourth-order valence-electron chi connectivity index (χ4n) is 4.50. The first-order valence-corrected chi connectivity index (χ1v) is 12.7. The molecular formula is C21H14KN3O10S2. The van der Waals surface area contributed by atoms with E-state index in [2.05, 4.69) is 0 Å². The van der Waals surface area contributed by atoms with Gasteiger partial charge < -0.3 is 31.5 Å². The van der Waals surface area contributed by atoms with Crippen molar-refractivity contribution in [1.82, 2.24) is 0 Å². The molecule has 186 valence electrons. The summed E-state index contributed by atoms with van der Waals surface area (Å²) in [6, 6.07) is 8.29. The van der Waals surface area contributed by atoms with Crippen LogP contribution in [0.1, 0.15) is 37.4 Å². The average molecular weight is 572 g/mol. The van der Waals surface area contributed by atoms with Gasteiger partial charge in [-0.2, -0.15) is 16.8 Å². The number of ether oxygens (including phenoxy) is 2. The van der Waals surface area contributed by atoms with Crippen molar-refractivity contribution in [1.29, 1.82) is 0 Å². The van der Waals surface area contributed by atoms with E-state index >= 15 is 0 Å². The van der Waals surface area contributed by atoms with Gasteiger partial charge >= 0.3 is 57.4 Å². The van der Waals surface area contributed by atoms with Gasteiger partial charge in [0, 0.05) is 16.7 Å². The van der Waals surface area contributed by atoms with Crippen LogP contribution in [0.3, 0.4) is 0 Å². The van der Waals surface area contributed by atoms with Crippen LogP contribution in [0.4, 0.5) is 11.4 Å². The van der Waals surface area contributed by atoms with E-state index in [0.29, 0.717) is 0 Å². The normalized spacial score (nSPS) is 15.0. The second-order valence-corrected chi connectivity index (χ2v) is 10.7. The smallest absolute Gasteiger partial charge is 0.664 e. The van der Waals surface area contributed by atoms with Gasteiger partial charge in [0.05, 0.1) is 22.8 Å². The molecule has 5 rings (SSSR count). The van der Waals surface area contributed by atoms with Gasteiger partial charge in [-0.05, 0) is 35.9 Å². The maximum atomic E-state index is 13.0. The molecule has 0 saturated heterocycles. The first-order chi connectivity index (χ1) is 16.7. The SMILES string of the molecule is [K+].[NH-]C(=O)c1ccc2c(c1)C(=O)OC21c2ccc(N)c(S(=O)(=O)O)c2Oc2c1ccc(N)c2S(=O)(=O)O. The van der Waals surface area contributed by atoms with E-state index in [9.17, 15) is 35.5 Å². The molecule has 0 fully saturated rings. The summed E-state index contributed by atoms with van der Waals surface area (Å²) in [5.41, 5.74) is 15.2. The molecule has 0 aliphatic carbocycles. The molecule has 37 heavy (non-hydrogen) atoms. The van der Waals surface area contributed by atoms with Gasteiger partial charge in [0.2, 0.25) is 0 Å². The number of amides is 1. The van der Waals surface area contributed by atoms with Gasteiger partial charge in [-0.3, -0.25) is 9.11 Å². The number of hydrogen-bond acceptors (Lipinski definition) is 10. The number of rotatable bonds is 3. The number of anilines is 2. The molecule has 2 aliphatic rings. The van der Waals surface area contributed by atoms with Gasteiger partial charge in [0.15, 0.2) is 26.9 Å². The summed E-state index contributed by atoms with van der Waals surface area (Å²) in [5.74, 6) is -3.45. The van der Waals surface area contributed by atoms with Crippen LogP contribution >= 0.6 is 0 Å². The standard InChI is InChI=1S/C21H15N3O10S2.K/c22-13-5-3-11-15(17(13)35(27,28)29)33-16-12(4-6-14(23)18(16)36(30,31)32)21(11)10-2-1-8(19(24)25)7-9(10)20(26)34-21;/h1-7H,22-23H2,(H4,24,25,27,28,29,30,31,32);/q;+1/p-1. The molecule has 13 nitrogen and oxygen atoms in total. The first-order valence-electron chi connectivity index (χ1n) is 9.80. The maximum absolute atomic E-state index is 13.0. The molecule has 7 N–H and O–H groups in total. The van der Waals surface area contributed by atoms with E-state index in [1.807, 2.05) is 0 Å². The third kappa shape index (κ3) is 3.96. The van der Waals surface area contributed by atoms with Gasteiger partial charge in [-0.1, -0.05) is 12.1 Å². The molecule has 0 atom stereocenters. The van der Waals surface area contributed by atoms with Crippen LogP contribution in [-0.4, -0.2) is 37.8 Å². The zero-order valence-corrected chi connectivity index (χ0v) is 23.4. The van der Waals surface area contributed by atoms with Crippen LogP contribution in [0.2, 0.25) is 0 Å². The van der Waals surface area contributed by atoms with E-state index in [1.165, 1.54) is 24.3 Å². The van der Waals surface area contributed by atoms with Crippen molar-refractivity contribution >= 4 is 43.5 Å². The number of carbonyl (C=O) groups is 2. The van der Waals surface area contributed by atoms with Gasteiger partial charge in [0.1, 0.15) is 0 Å². The molecule has 3 aromatic rings. The maximum Gasteiger partial charge on any atom is 1.00 e. The Hall–Kier alpha value is -2.54. The molecule has 0 saturated carbocycles. The zero-order valence-electron chi connectivity index (χ0n) is 18.7. The van der Waals surface area contributed by atoms with Crippen molar-refractivity contribution < 1.29 is 96.4 Å². The van der Waals surface area contributed by atoms with Crippen LogP contribution in [0, 0.1) is 0 Å². The van der Waals surface area contributed by atoms with Gasteiger partial charge in [0.25, 0.3) is 20.2 Å². The third-order valence-corrected chi connectivity index (χ3v) is 7.76. The molecule has 1 spiro atoms. The zero-order chi connectivity index (χ0) is 26.4. The Balaban J connectivity index is 0.00000320. The van der Waals surface area contributed by atoms with Crippen molar-refractivity contribution in [3.63, 3.8) is 0 Å². The number of carbonyl (C=O) groups excluding carboxylic acids is 2. The number of nitrogens with one attached hydrogen (secondary N) is 1. The van der Waals surface area contributed by atoms with E-state index < -0.39 is 70.4 Å². The van der Waals surface area contributed by atoms with Crippen LogP contribution in [0.5, 0.6) is 11.5 Å². The minimum atomic E-state index is -5.09. The minimum Gasteiger partial charge on any atom is -0.664 e. The topological polar surface area (TPSA) is 237 Å². The molecule has 0 aromatic heterocycles. The van der Waals surface area contributed by atoms with E-state index in [1.54, 1.807) is 0 Å². The number of nitrogen functional groups attached to an aromatic ring is 2. The molecule has 3 aromatic carbocycles. The van der Waals surface area contributed by atoms with Crippen molar-refractivity contribution in [3.8, 4) is 11.5 Å². The summed E-state index contributed by atoms with van der Waals surface area (Å²) in [4.78, 5) is 22.7. The summed E-state index contributed by atoms with van der Waals surface area (Å²) in [6.45, 7) is 0. The van der Waals surface area contributed by atoms with Crippen LogP contribution in [0.25, 0.3) is 5.73 Å².